The Kier molecular flexibility index (Phi) is 6.89. The SMILES string of the molecule is CCCNC(c1c(F)ccc(Br)c1F)C(CC)OC. The molecule has 0 bridgehead atoms. The van der Waals surface area contributed by atoms with Gasteiger partial charge < -0.3 is 10.1 Å². The molecule has 0 amide bonds. The lowest BCUT2D eigenvalue weighted by Gasteiger charge is -2.27. The smallest absolute Gasteiger partial charge is 0.145 e. The molecule has 1 N–H and O–H groups in total. The Balaban J connectivity index is 3.19. The molecule has 0 fully saturated rings. The fourth-order valence-corrected chi connectivity index (χ4v) is 2.43. The van der Waals surface area contributed by atoms with E-state index >= 15 is 0 Å². The molecule has 1 aromatic carbocycles. The summed E-state index contributed by atoms with van der Waals surface area (Å²) >= 11 is 3.10. The first-order chi connectivity index (χ1) is 9.06. The minimum absolute atomic E-state index is 0.0384. The maximum absolute atomic E-state index is 14.2. The lowest BCUT2D eigenvalue weighted by atomic mass is 9.98. The fourth-order valence-electron chi connectivity index (χ4n) is 2.09. The minimum atomic E-state index is -0.566. The third-order valence-corrected chi connectivity index (χ3v) is 3.69. The van der Waals surface area contributed by atoms with E-state index in [4.69, 9.17) is 4.74 Å². The summed E-state index contributed by atoms with van der Waals surface area (Å²) in [5.41, 5.74) is 0.0384. The van der Waals surface area contributed by atoms with Gasteiger partial charge in [0, 0.05) is 12.7 Å². The fraction of sp³-hybridized carbons (Fsp3) is 0.571. The maximum atomic E-state index is 14.2. The molecule has 5 heteroatoms. The van der Waals surface area contributed by atoms with Gasteiger partial charge in [-0.2, -0.15) is 0 Å². The molecule has 1 aromatic rings. The highest BCUT2D eigenvalue weighted by Crippen LogP contribution is 2.30. The van der Waals surface area contributed by atoms with E-state index in [-0.39, 0.29) is 16.1 Å². The van der Waals surface area contributed by atoms with E-state index in [1.807, 2.05) is 13.8 Å². The number of hydrogen-bond donors (Lipinski definition) is 1. The van der Waals surface area contributed by atoms with Crippen molar-refractivity contribution in [2.75, 3.05) is 13.7 Å². The molecule has 19 heavy (non-hydrogen) atoms. The van der Waals surface area contributed by atoms with Crippen molar-refractivity contribution in [3.63, 3.8) is 0 Å². The molecule has 1 rings (SSSR count). The predicted molar refractivity (Wildman–Crippen MR) is 76.2 cm³/mol. The van der Waals surface area contributed by atoms with E-state index in [9.17, 15) is 8.78 Å². The van der Waals surface area contributed by atoms with Crippen LogP contribution in [0, 0.1) is 11.6 Å². The second-order valence-electron chi connectivity index (χ2n) is 4.37. The highest BCUT2D eigenvalue weighted by Gasteiger charge is 2.28. The van der Waals surface area contributed by atoms with Crippen LogP contribution in [0.4, 0.5) is 8.78 Å². The molecule has 2 nitrogen and oxygen atoms in total. The Morgan fingerprint density at radius 2 is 2.00 bits per heavy atom. The first-order valence-corrected chi connectivity index (χ1v) is 7.25. The van der Waals surface area contributed by atoms with Gasteiger partial charge in [-0.25, -0.2) is 8.78 Å². The van der Waals surface area contributed by atoms with Gasteiger partial charge >= 0.3 is 0 Å². The molecule has 2 atom stereocenters. The normalized spacial score (nSPS) is 14.4. The third-order valence-electron chi connectivity index (χ3n) is 3.08. The third kappa shape index (κ3) is 3.97. The summed E-state index contributed by atoms with van der Waals surface area (Å²) in [5, 5.41) is 3.17. The molecule has 0 saturated carbocycles. The average molecular weight is 336 g/mol. The quantitative estimate of drug-likeness (QED) is 0.754. The number of rotatable bonds is 7. The second kappa shape index (κ2) is 7.92. The largest absolute Gasteiger partial charge is 0.379 e. The van der Waals surface area contributed by atoms with Gasteiger partial charge in [-0.3, -0.25) is 0 Å². The molecule has 0 heterocycles. The van der Waals surface area contributed by atoms with Crippen molar-refractivity contribution in [2.45, 2.75) is 38.8 Å². The average Bonchev–Trinajstić information content (AvgIpc) is 2.41. The van der Waals surface area contributed by atoms with Crippen LogP contribution in [0.2, 0.25) is 0 Å². The zero-order valence-corrected chi connectivity index (χ0v) is 13.1. The summed E-state index contributed by atoms with van der Waals surface area (Å²) < 4.78 is 33.8. The number of methoxy groups -OCH3 is 1. The first kappa shape index (κ1) is 16.5. The van der Waals surface area contributed by atoms with Crippen LogP contribution in [-0.4, -0.2) is 19.8 Å². The Morgan fingerprint density at radius 1 is 1.32 bits per heavy atom. The molecule has 108 valence electrons. The van der Waals surface area contributed by atoms with E-state index in [2.05, 4.69) is 21.2 Å². The molecule has 2 unspecified atom stereocenters. The van der Waals surface area contributed by atoms with Crippen LogP contribution in [0.25, 0.3) is 0 Å². The zero-order valence-electron chi connectivity index (χ0n) is 11.5. The number of hydrogen-bond acceptors (Lipinski definition) is 2. The molecule has 0 saturated heterocycles. The van der Waals surface area contributed by atoms with Crippen molar-refractivity contribution < 1.29 is 13.5 Å². The lowest BCUT2D eigenvalue weighted by Crippen LogP contribution is -2.35. The van der Waals surface area contributed by atoms with Crippen LogP contribution in [0.3, 0.4) is 0 Å². The van der Waals surface area contributed by atoms with Crippen LogP contribution in [0.1, 0.15) is 38.3 Å². The van der Waals surface area contributed by atoms with Crippen LogP contribution in [0.5, 0.6) is 0 Å². The van der Waals surface area contributed by atoms with Gasteiger partial charge in [-0.15, -0.1) is 0 Å². The van der Waals surface area contributed by atoms with Crippen molar-refractivity contribution in [1.29, 1.82) is 0 Å². The molecule has 0 radical (unpaired) electrons. The monoisotopic (exact) mass is 335 g/mol. The second-order valence-corrected chi connectivity index (χ2v) is 5.23. The predicted octanol–water partition coefficient (Wildman–Crippen LogP) is 4.19. The van der Waals surface area contributed by atoms with Gasteiger partial charge in [0.1, 0.15) is 11.6 Å². The number of ether oxygens (including phenoxy) is 1. The molecular weight excluding hydrogens is 316 g/mol. The summed E-state index contributed by atoms with van der Waals surface area (Å²) in [6, 6.07) is 2.15. The highest BCUT2D eigenvalue weighted by molar-refractivity contribution is 9.10. The van der Waals surface area contributed by atoms with Crippen LogP contribution < -0.4 is 5.32 Å². The molecule has 0 aliphatic heterocycles. The van der Waals surface area contributed by atoms with E-state index < -0.39 is 17.7 Å². The highest BCUT2D eigenvalue weighted by atomic mass is 79.9. The van der Waals surface area contributed by atoms with Crippen molar-refractivity contribution in [3.05, 3.63) is 33.8 Å². The van der Waals surface area contributed by atoms with Crippen molar-refractivity contribution >= 4 is 15.9 Å². The van der Waals surface area contributed by atoms with Crippen LogP contribution >= 0.6 is 15.9 Å². The Morgan fingerprint density at radius 3 is 2.53 bits per heavy atom. The molecular formula is C14H20BrF2NO. The molecule has 0 aliphatic carbocycles. The number of nitrogens with one attached hydrogen (secondary N) is 1. The first-order valence-electron chi connectivity index (χ1n) is 6.46. The van der Waals surface area contributed by atoms with E-state index in [0.29, 0.717) is 13.0 Å². The number of benzene rings is 1. The summed E-state index contributed by atoms with van der Waals surface area (Å²) in [5.74, 6) is -1.12. The molecule has 0 aliphatic rings. The molecule has 0 aromatic heterocycles. The van der Waals surface area contributed by atoms with Gasteiger partial charge in [0.05, 0.1) is 16.6 Å². The summed E-state index contributed by atoms with van der Waals surface area (Å²) in [6.07, 6.45) is 1.28. The Hall–Kier alpha value is -0.520. The maximum Gasteiger partial charge on any atom is 0.145 e. The van der Waals surface area contributed by atoms with E-state index in [0.717, 1.165) is 6.42 Å². The standard InChI is InChI=1S/C14H20BrF2NO/c1-4-8-18-14(11(5-2)19-3)12-10(16)7-6-9(15)13(12)17/h6-7,11,14,18H,4-5,8H2,1-3H3. The van der Waals surface area contributed by atoms with Gasteiger partial charge in [0.2, 0.25) is 0 Å². The van der Waals surface area contributed by atoms with Crippen LogP contribution in [-0.2, 0) is 4.74 Å². The lowest BCUT2D eigenvalue weighted by molar-refractivity contribution is 0.0626. The Labute approximate surface area is 121 Å². The summed E-state index contributed by atoms with van der Waals surface area (Å²) in [7, 11) is 1.56. The number of halogens is 3. The van der Waals surface area contributed by atoms with Gasteiger partial charge in [0.15, 0.2) is 0 Å². The summed E-state index contributed by atoms with van der Waals surface area (Å²) in [4.78, 5) is 0. The van der Waals surface area contributed by atoms with Gasteiger partial charge in [-0.05, 0) is 47.4 Å². The minimum Gasteiger partial charge on any atom is -0.379 e. The van der Waals surface area contributed by atoms with Crippen LogP contribution in [0.15, 0.2) is 16.6 Å². The summed E-state index contributed by atoms with van der Waals surface area (Å²) in [6.45, 7) is 4.62. The van der Waals surface area contributed by atoms with E-state index in [1.165, 1.54) is 12.1 Å². The van der Waals surface area contributed by atoms with E-state index in [1.54, 1.807) is 7.11 Å². The van der Waals surface area contributed by atoms with Crippen molar-refractivity contribution in [1.82, 2.24) is 5.32 Å². The Bertz CT molecular complexity index is 411. The zero-order chi connectivity index (χ0) is 14.4. The van der Waals surface area contributed by atoms with Crippen molar-refractivity contribution in [2.24, 2.45) is 0 Å². The van der Waals surface area contributed by atoms with Gasteiger partial charge in [-0.1, -0.05) is 13.8 Å². The molecule has 0 spiro atoms. The topological polar surface area (TPSA) is 21.3 Å². The van der Waals surface area contributed by atoms with Crippen molar-refractivity contribution in [3.8, 4) is 0 Å². The van der Waals surface area contributed by atoms with Gasteiger partial charge in [0.25, 0.3) is 0 Å².